The van der Waals surface area contributed by atoms with Gasteiger partial charge in [-0.15, -0.1) is 0 Å². The first-order valence-electron chi connectivity index (χ1n) is 3.80. The van der Waals surface area contributed by atoms with Gasteiger partial charge in [-0.25, -0.2) is 4.98 Å². The molecule has 66 valence electrons. The van der Waals surface area contributed by atoms with Crippen molar-refractivity contribution in [2.45, 2.75) is 13.0 Å². The molecule has 1 aromatic heterocycles. The van der Waals surface area contributed by atoms with Gasteiger partial charge < -0.3 is 11.1 Å². The van der Waals surface area contributed by atoms with Crippen molar-refractivity contribution in [1.29, 1.82) is 0 Å². The van der Waals surface area contributed by atoms with E-state index in [9.17, 15) is 0 Å². The summed E-state index contributed by atoms with van der Waals surface area (Å²) in [6.07, 6.45) is 1.76. The Hall–Kier alpha value is -0.610. The molecule has 1 atom stereocenters. The molecule has 3 N–H and O–H groups in total. The zero-order valence-electron chi connectivity index (χ0n) is 6.92. The second kappa shape index (κ2) is 4.42. The van der Waals surface area contributed by atoms with Crippen LogP contribution in [0.5, 0.6) is 0 Å². The van der Waals surface area contributed by atoms with Crippen LogP contribution < -0.4 is 11.1 Å². The van der Waals surface area contributed by atoms with Crippen molar-refractivity contribution < 1.29 is 0 Å². The van der Waals surface area contributed by atoms with E-state index in [1.54, 1.807) is 6.20 Å². The van der Waals surface area contributed by atoms with Crippen LogP contribution in [0.2, 0.25) is 0 Å². The topological polar surface area (TPSA) is 50.9 Å². The molecule has 1 rings (SSSR count). The van der Waals surface area contributed by atoms with E-state index in [2.05, 4.69) is 26.2 Å². The molecule has 0 bridgehead atoms. The minimum Gasteiger partial charge on any atom is -0.366 e. The van der Waals surface area contributed by atoms with E-state index in [4.69, 9.17) is 5.73 Å². The molecule has 0 radical (unpaired) electrons. The maximum absolute atomic E-state index is 5.45. The molecule has 1 unspecified atom stereocenters. The molecule has 12 heavy (non-hydrogen) atoms. The molecule has 1 heterocycles. The minimum atomic E-state index is 0.263. The number of hydrogen-bond donors (Lipinski definition) is 2. The lowest BCUT2D eigenvalue weighted by Gasteiger charge is -2.11. The zero-order chi connectivity index (χ0) is 8.97. The molecule has 0 aliphatic rings. The van der Waals surface area contributed by atoms with Gasteiger partial charge in [0, 0.05) is 23.3 Å². The molecule has 0 saturated heterocycles. The monoisotopic (exact) mass is 229 g/mol. The predicted molar refractivity (Wildman–Crippen MR) is 54.1 cm³/mol. The molecule has 3 nitrogen and oxygen atoms in total. The second-order valence-corrected chi connectivity index (χ2v) is 3.56. The highest BCUT2D eigenvalue weighted by atomic mass is 79.9. The summed E-state index contributed by atoms with van der Waals surface area (Å²) in [6.45, 7) is 2.63. The van der Waals surface area contributed by atoms with Gasteiger partial charge in [0.25, 0.3) is 0 Å². The van der Waals surface area contributed by atoms with Crippen molar-refractivity contribution in [2.75, 3.05) is 11.9 Å². The standard InChI is InChI=1S/C8H12BrN3/c1-6(4-10)12-8-3-2-7(9)5-11-8/h2-3,5-6H,4,10H2,1H3,(H,11,12). The fourth-order valence-electron chi connectivity index (χ4n) is 0.773. The molecule has 0 spiro atoms. The predicted octanol–water partition coefficient (Wildman–Crippen LogP) is 1.60. The quantitative estimate of drug-likeness (QED) is 0.829. The van der Waals surface area contributed by atoms with Gasteiger partial charge in [-0.05, 0) is 35.0 Å². The number of halogens is 1. The smallest absolute Gasteiger partial charge is 0.126 e. The van der Waals surface area contributed by atoms with E-state index >= 15 is 0 Å². The first-order valence-corrected chi connectivity index (χ1v) is 4.60. The zero-order valence-corrected chi connectivity index (χ0v) is 8.51. The van der Waals surface area contributed by atoms with Crippen LogP contribution in [0, 0.1) is 0 Å². The third-order valence-corrected chi connectivity index (χ3v) is 1.94. The van der Waals surface area contributed by atoms with Gasteiger partial charge >= 0.3 is 0 Å². The van der Waals surface area contributed by atoms with Gasteiger partial charge in [-0.3, -0.25) is 0 Å². The Morgan fingerprint density at radius 2 is 2.42 bits per heavy atom. The number of nitrogens with zero attached hydrogens (tertiary/aromatic N) is 1. The van der Waals surface area contributed by atoms with Crippen LogP contribution in [-0.2, 0) is 0 Å². The van der Waals surface area contributed by atoms with E-state index in [1.807, 2.05) is 19.1 Å². The molecule has 0 saturated carbocycles. The van der Waals surface area contributed by atoms with Crippen molar-refractivity contribution in [1.82, 2.24) is 4.98 Å². The highest BCUT2D eigenvalue weighted by molar-refractivity contribution is 9.10. The van der Waals surface area contributed by atoms with E-state index < -0.39 is 0 Å². The van der Waals surface area contributed by atoms with Crippen LogP contribution in [0.1, 0.15) is 6.92 Å². The lowest BCUT2D eigenvalue weighted by molar-refractivity contribution is 0.798. The molecular formula is C8H12BrN3. The fourth-order valence-corrected chi connectivity index (χ4v) is 1.01. The maximum atomic E-state index is 5.45. The Labute approximate surface area is 80.5 Å². The van der Waals surface area contributed by atoms with E-state index in [0.717, 1.165) is 10.3 Å². The van der Waals surface area contributed by atoms with Gasteiger partial charge in [0.2, 0.25) is 0 Å². The molecule has 4 heteroatoms. The van der Waals surface area contributed by atoms with Gasteiger partial charge in [0.1, 0.15) is 5.82 Å². The van der Waals surface area contributed by atoms with Crippen LogP contribution in [0.4, 0.5) is 5.82 Å². The second-order valence-electron chi connectivity index (χ2n) is 2.64. The number of nitrogens with two attached hydrogens (primary N) is 1. The Balaban J connectivity index is 2.58. The molecule has 0 fully saturated rings. The summed E-state index contributed by atoms with van der Waals surface area (Å²) in [5.74, 6) is 0.858. The number of pyridine rings is 1. The Kier molecular flexibility index (Phi) is 3.49. The van der Waals surface area contributed by atoms with Crippen molar-refractivity contribution in [3.8, 4) is 0 Å². The number of hydrogen-bond acceptors (Lipinski definition) is 3. The van der Waals surface area contributed by atoms with Gasteiger partial charge in [-0.1, -0.05) is 0 Å². The summed E-state index contributed by atoms with van der Waals surface area (Å²) in [6, 6.07) is 4.12. The SMILES string of the molecule is CC(CN)Nc1ccc(Br)cn1. The number of rotatable bonds is 3. The summed E-state index contributed by atoms with van der Waals surface area (Å²) in [4.78, 5) is 4.15. The van der Waals surface area contributed by atoms with E-state index in [-0.39, 0.29) is 6.04 Å². The molecule has 1 aromatic rings. The maximum Gasteiger partial charge on any atom is 0.126 e. The third-order valence-electron chi connectivity index (χ3n) is 1.48. The summed E-state index contributed by atoms with van der Waals surface area (Å²) in [5.41, 5.74) is 5.45. The van der Waals surface area contributed by atoms with Crippen LogP contribution in [-0.4, -0.2) is 17.6 Å². The number of nitrogens with one attached hydrogen (secondary N) is 1. The number of anilines is 1. The fraction of sp³-hybridized carbons (Fsp3) is 0.375. The van der Waals surface area contributed by atoms with Crippen LogP contribution in [0.3, 0.4) is 0 Å². The average Bonchev–Trinajstić information content (AvgIpc) is 2.09. The largest absolute Gasteiger partial charge is 0.366 e. The highest BCUT2D eigenvalue weighted by Gasteiger charge is 1.98. The molecular weight excluding hydrogens is 218 g/mol. The summed E-state index contributed by atoms with van der Waals surface area (Å²) in [5, 5.41) is 3.16. The summed E-state index contributed by atoms with van der Waals surface area (Å²) >= 11 is 3.31. The van der Waals surface area contributed by atoms with Crippen molar-refractivity contribution in [3.63, 3.8) is 0 Å². The average molecular weight is 230 g/mol. The Morgan fingerprint density at radius 1 is 1.67 bits per heavy atom. The van der Waals surface area contributed by atoms with E-state index in [0.29, 0.717) is 6.54 Å². The summed E-state index contributed by atoms with van der Waals surface area (Å²) in [7, 11) is 0. The van der Waals surface area contributed by atoms with Crippen molar-refractivity contribution >= 4 is 21.7 Å². The van der Waals surface area contributed by atoms with Crippen molar-refractivity contribution in [3.05, 3.63) is 22.8 Å². The van der Waals surface area contributed by atoms with Crippen LogP contribution >= 0.6 is 15.9 Å². The van der Waals surface area contributed by atoms with Crippen LogP contribution in [0.15, 0.2) is 22.8 Å². The molecule has 0 aliphatic heterocycles. The van der Waals surface area contributed by atoms with Gasteiger partial charge in [-0.2, -0.15) is 0 Å². The first kappa shape index (κ1) is 9.48. The Bertz CT molecular complexity index is 235. The molecule has 0 amide bonds. The van der Waals surface area contributed by atoms with Gasteiger partial charge in [0.15, 0.2) is 0 Å². The van der Waals surface area contributed by atoms with E-state index in [1.165, 1.54) is 0 Å². The normalized spacial score (nSPS) is 12.6. The lowest BCUT2D eigenvalue weighted by Crippen LogP contribution is -2.25. The third kappa shape index (κ3) is 2.79. The van der Waals surface area contributed by atoms with Crippen molar-refractivity contribution in [2.24, 2.45) is 5.73 Å². The van der Waals surface area contributed by atoms with Gasteiger partial charge in [0.05, 0.1) is 0 Å². The lowest BCUT2D eigenvalue weighted by atomic mass is 10.3. The first-order chi connectivity index (χ1) is 5.72. The molecule has 0 aromatic carbocycles. The number of aromatic nitrogens is 1. The highest BCUT2D eigenvalue weighted by Crippen LogP contribution is 2.10. The van der Waals surface area contributed by atoms with Crippen LogP contribution in [0.25, 0.3) is 0 Å². The summed E-state index contributed by atoms with van der Waals surface area (Å²) < 4.78 is 0.980. The Morgan fingerprint density at radius 3 is 2.92 bits per heavy atom. The minimum absolute atomic E-state index is 0.263. The molecule has 0 aliphatic carbocycles.